The number of benzene rings is 2. The number of halogens is 2. The second-order valence-corrected chi connectivity index (χ2v) is 10.2. The normalized spacial score (nSPS) is 11.9. The molecule has 0 saturated carbocycles. The number of nitrogens with one attached hydrogen (secondary N) is 1. The van der Waals surface area contributed by atoms with Gasteiger partial charge < -0.3 is 14.3 Å². The Hall–Kier alpha value is -3.46. The molecule has 32 heavy (non-hydrogen) atoms. The molecule has 6 nitrogen and oxygen atoms in total. The minimum absolute atomic E-state index is 0.0620. The maximum Gasteiger partial charge on any atom is 0.274 e. The fourth-order valence-corrected chi connectivity index (χ4v) is 4.50. The molecule has 0 aliphatic rings. The van der Waals surface area contributed by atoms with Gasteiger partial charge in [-0.2, -0.15) is 0 Å². The molecule has 0 aliphatic heterocycles. The van der Waals surface area contributed by atoms with Gasteiger partial charge in [-0.25, -0.2) is 17.2 Å². The highest BCUT2D eigenvalue weighted by Gasteiger charge is 2.23. The fraction of sp³-hybridized carbons (Fsp3) is 0.174. The molecule has 9 heteroatoms. The van der Waals surface area contributed by atoms with E-state index in [1.54, 1.807) is 39.4 Å². The minimum atomic E-state index is -3.62. The second kappa shape index (κ2) is 7.90. The Labute approximate surface area is 183 Å². The third-order valence-corrected chi connectivity index (χ3v) is 7.35. The van der Waals surface area contributed by atoms with Crippen LogP contribution in [-0.4, -0.2) is 23.2 Å². The van der Waals surface area contributed by atoms with Crippen molar-refractivity contribution < 1.29 is 21.9 Å². The summed E-state index contributed by atoms with van der Waals surface area (Å²) in [5.74, 6) is -1.72. The Morgan fingerprint density at radius 3 is 2.41 bits per heavy atom. The lowest BCUT2D eigenvalue weighted by molar-refractivity contribution is 0.438. The first-order chi connectivity index (χ1) is 15.1. The fourth-order valence-electron chi connectivity index (χ4n) is 3.42. The first-order valence-electron chi connectivity index (χ1n) is 9.77. The molecule has 166 valence electrons. The number of aromatic amines is 1. The monoisotopic (exact) mass is 458 g/mol. The van der Waals surface area contributed by atoms with Crippen LogP contribution in [0.1, 0.15) is 13.8 Å². The molecule has 0 unspecified atom stereocenters. The molecule has 4 rings (SSSR count). The summed E-state index contributed by atoms with van der Waals surface area (Å²) in [6.45, 7) is 3.15. The number of fused-ring (bicyclic) bond motifs is 1. The number of sulfone groups is 1. The van der Waals surface area contributed by atoms with Gasteiger partial charge in [0.05, 0.1) is 10.1 Å². The lowest BCUT2D eigenvalue weighted by Crippen LogP contribution is -2.17. The zero-order chi connectivity index (χ0) is 23.2. The first kappa shape index (κ1) is 21.8. The molecule has 0 spiro atoms. The maximum absolute atomic E-state index is 14.3. The summed E-state index contributed by atoms with van der Waals surface area (Å²) in [5, 5.41) is -0.110. The molecular formula is C23H20F2N2O4S. The van der Waals surface area contributed by atoms with E-state index in [1.165, 1.54) is 22.8 Å². The van der Waals surface area contributed by atoms with Crippen LogP contribution < -0.4 is 10.3 Å². The predicted molar refractivity (Wildman–Crippen MR) is 118 cm³/mol. The van der Waals surface area contributed by atoms with E-state index in [-0.39, 0.29) is 22.0 Å². The third kappa shape index (κ3) is 3.69. The molecule has 1 N–H and O–H groups in total. The number of H-pyrrole nitrogens is 1. The molecule has 0 atom stereocenters. The molecule has 0 fully saturated rings. The second-order valence-electron chi connectivity index (χ2n) is 7.65. The van der Waals surface area contributed by atoms with Crippen LogP contribution in [0.25, 0.3) is 22.0 Å². The standard InChI is InChI=1S/C23H20F2N2O4S/c1-13(2)32(29,30)15-5-7-20(31-21-6-4-14(24)10-19(21)25)17(11-15)18-12-27(3)23(28)22-16(18)8-9-26-22/h4-13,26H,1-3H3. The van der Waals surface area contributed by atoms with Gasteiger partial charge in [0, 0.05) is 42.0 Å². The van der Waals surface area contributed by atoms with E-state index in [1.807, 2.05) is 0 Å². The number of nitrogens with zero attached hydrogens (tertiary/aromatic N) is 1. The first-order valence-corrected chi connectivity index (χ1v) is 11.3. The highest BCUT2D eigenvalue weighted by molar-refractivity contribution is 7.92. The van der Waals surface area contributed by atoms with Crippen LogP contribution in [0.15, 0.2) is 64.5 Å². The van der Waals surface area contributed by atoms with Gasteiger partial charge in [0.25, 0.3) is 5.56 Å². The smallest absolute Gasteiger partial charge is 0.274 e. The minimum Gasteiger partial charge on any atom is -0.454 e. The summed E-state index contributed by atoms with van der Waals surface area (Å²) in [4.78, 5) is 15.4. The van der Waals surface area contributed by atoms with E-state index in [9.17, 15) is 22.0 Å². The lowest BCUT2D eigenvalue weighted by Gasteiger charge is -2.16. The van der Waals surface area contributed by atoms with Crippen LogP contribution in [0.4, 0.5) is 8.78 Å². The van der Waals surface area contributed by atoms with Gasteiger partial charge in [0.1, 0.15) is 17.1 Å². The lowest BCUT2D eigenvalue weighted by atomic mass is 10.0. The van der Waals surface area contributed by atoms with Gasteiger partial charge in [-0.05, 0) is 50.2 Å². The summed E-state index contributed by atoms with van der Waals surface area (Å²) in [6.07, 6.45) is 3.16. The molecule has 2 aromatic carbocycles. The Morgan fingerprint density at radius 2 is 1.72 bits per heavy atom. The van der Waals surface area contributed by atoms with Crippen molar-refractivity contribution in [2.24, 2.45) is 7.05 Å². The van der Waals surface area contributed by atoms with Crippen LogP contribution in [-0.2, 0) is 16.9 Å². The van der Waals surface area contributed by atoms with E-state index in [0.29, 0.717) is 28.1 Å². The SMILES string of the molecule is CC(C)S(=O)(=O)c1ccc(Oc2ccc(F)cc2F)c(-c2cn(C)c(=O)c3[nH]ccc23)c1. The van der Waals surface area contributed by atoms with E-state index in [2.05, 4.69) is 4.98 Å². The largest absolute Gasteiger partial charge is 0.454 e. The summed E-state index contributed by atoms with van der Waals surface area (Å²) in [5.41, 5.74) is 0.935. The number of aryl methyl sites for hydroxylation is 1. The van der Waals surface area contributed by atoms with Crippen molar-refractivity contribution in [1.29, 1.82) is 0 Å². The number of aromatic nitrogens is 2. The van der Waals surface area contributed by atoms with E-state index < -0.39 is 26.7 Å². The van der Waals surface area contributed by atoms with Gasteiger partial charge in [-0.3, -0.25) is 4.79 Å². The quantitative estimate of drug-likeness (QED) is 0.466. The molecule has 0 aliphatic carbocycles. The van der Waals surface area contributed by atoms with Gasteiger partial charge >= 0.3 is 0 Å². The van der Waals surface area contributed by atoms with Gasteiger partial charge in [-0.1, -0.05) is 0 Å². The molecule has 0 radical (unpaired) electrons. The average molecular weight is 458 g/mol. The van der Waals surface area contributed by atoms with E-state index >= 15 is 0 Å². The maximum atomic E-state index is 14.3. The van der Waals surface area contributed by atoms with Crippen LogP contribution in [0, 0.1) is 11.6 Å². The van der Waals surface area contributed by atoms with Gasteiger partial charge in [0.15, 0.2) is 21.4 Å². The number of pyridine rings is 1. The van der Waals surface area contributed by atoms with E-state index in [0.717, 1.165) is 12.1 Å². The molecular weight excluding hydrogens is 438 g/mol. The van der Waals surface area contributed by atoms with E-state index in [4.69, 9.17) is 4.74 Å². The zero-order valence-corrected chi connectivity index (χ0v) is 18.3. The van der Waals surface area contributed by atoms with Crippen molar-refractivity contribution in [3.63, 3.8) is 0 Å². The third-order valence-electron chi connectivity index (χ3n) is 5.20. The average Bonchev–Trinajstić information content (AvgIpc) is 3.23. The molecule has 4 aromatic rings. The van der Waals surface area contributed by atoms with Crippen LogP contribution >= 0.6 is 0 Å². The Morgan fingerprint density at radius 1 is 1.00 bits per heavy atom. The molecule has 0 bridgehead atoms. The molecule has 0 saturated heterocycles. The van der Waals surface area contributed by atoms with Crippen LogP contribution in [0.5, 0.6) is 11.5 Å². The van der Waals surface area contributed by atoms with Crippen molar-refractivity contribution in [3.05, 3.63) is 76.8 Å². The van der Waals surface area contributed by atoms with Crippen molar-refractivity contribution >= 4 is 20.7 Å². The van der Waals surface area contributed by atoms with Crippen molar-refractivity contribution in [3.8, 4) is 22.6 Å². The number of ether oxygens (including phenoxy) is 1. The summed E-state index contributed by atoms with van der Waals surface area (Å²) in [7, 11) is -2.05. The highest BCUT2D eigenvalue weighted by Crippen LogP contribution is 2.39. The number of hydrogen-bond acceptors (Lipinski definition) is 4. The predicted octanol–water partition coefficient (Wildman–Crippen LogP) is 4.79. The highest BCUT2D eigenvalue weighted by atomic mass is 32.2. The Kier molecular flexibility index (Phi) is 5.37. The topological polar surface area (TPSA) is 81.2 Å². The van der Waals surface area contributed by atoms with Crippen molar-refractivity contribution in [2.75, 3.05) is 0 Å². The van der Waals surface area contributed by atoms with Gasteiger partial charge in [-0.15, -0.1) is 0 Å². The van der Waals surface area contributed by atoms with Gasteiger partial charge in [0.2, 0.25) is 0 Å². The summed E-state index contributed by atoms with van der Waals surface area (Å²) >= 11 is 0. The van der Waals surface area contributed by atoms with Crippen molar-refractivity contribution in [1.82, 2.24) is 9.55 Å². The number of rotatable bonds is 5. The van der Waals surface area contributed by atoms with Crippen LogP contribution in [0.2, 0.25) is 0 Å². The Balaban J connectivity index is 1.99. The summed E-state index contributed by atoms with van der Waals surface area (Å²) in [6, 6.07) is 8.86. The molecule has 0 amide bonds. The van der Waals surface area contributed by atoms with Crippen molar-refractivity contribution in [2.45, 2.75) is 24.0 Å². The zero-order valence-electron chi connectivity index (χ0n) is 17.5. The summed E-state index contributed by atoms with van der Waals surface area (Å²) < 4.78 is 60.3. The van der Waals surface area contributed by atoms with Crippen LogP contribution in [0.3, 0.4) is 0 Å². The molecule has 2 heterocycles. The Bertz CT molecular complexity index is 1500. The molecule has 2 aromatic heterocycles. The number of hydrogen-bond donors (Lipinski definition) is 1.